The molecule has 11 nitrogen and oxygen atoms in total. The van der Waals surface area contributed by atoms with Crippen LogP contribution in [0.3, 0.4) is 0 Å². The van der Waals surface area contributed by atoms with Gasteiger partial charge in [-0.15, -0.1) is 10.2 Å². The number of nitrogens with two attached hydrogens (primary N) is 2. The maximum atomic E-state index is 12.8. The summed E-state index contributed by atoms with van der Waals surface area (Å²) in [7, 11) is -4.38. The number of aromatic nitrogens is 5. The van der Waals surface area contributed by atoms with E-state index in [2.05, 4.69) is 20.2 Å². The molecule has 0 aliphatic rings. The third kappa shape index (κ3) is 4.04. The van der Waals surface area contributed by atoms with Crippen molar-refractivity contribution in [3.8, 4) is 0 Å². The lowest BCUT2D eigenvalue weighted by atomic mass is 10.4. The first-order chi connectivity index (χ1) is 9.78. The number of nitrogen functional groups attached to an aromatic ring is 2. The second-order valence-corrected chi connectivity index (χ2v) is 5.72. The Bertz CT molecular complexity index is 689. The summed E-state index contributed by atoms with van der Waals surface area (Å²) in [4.78, 5) is 25.9. The van der Waals surface area contributed by atoms with E-state index >= 15 is 0 Å². The van der Waals surface area contributed by atoms with E-state index in [-0.39, 0.29) is 29.5 Å². The zero-order valence-electron chi connectivity index (χ0n) is 10.6. The quantitative estimate of drug-likeness (QED) is 0.476. The summed E-state index contributed by atoms with van der Waals surface area (Å²) in [5.74, 6) is -0.0523. The van der Waals surface area contributed by atoms with Gasteiger partial charge in [0.2, 0.25) is 11.6 Å². The maximum absolute atomic E-state index is 12.8. The number of hydrogen-bond donors (Lipinski definition) is 4. The van der Waals surface area contributed by atoms with Gasteiger partial charge in [-0.3, -0.25) is 4.57 Å². The number of ether oxygens (including phenoxy) is 1. The van der Waals surface area contributed by atoms with E-state index in [4.69, 9.17) is 26.0 Å². The Balaban J connectivity index is 2.14. The van der Waals surface area contributed by atoms with Gasteiger partial charge in [-0.2, -0.15) is 14.8 Å². The Hall–Kier alpha value is -1.88. The highest BCUT2D eigenvalue weighted by Crippen LogP contribution is 2.34. The fourth-order valence-electron chi connectivity index (χ4n) is 1.50. The summed E-state index contributed by atoms with van der Waals surface area (Å²) < 4.78 is 28.3. The Morgan fingerprint density at radius 3 is 2.67 bits per heavy atom. The molecule has 6 N–H and O–H groups in total. The third-order valence-corrected chi connectivity index (χ3v) is 2.84. The van der Waals surface area contributed by atoms with Gasteiger partial charge < -0.3 is 26.0 Å². The molecule has 0 bridgehead atoms. The molecule has 1 atom stereocenters. The van der Waals surface area contributed by atoms with Crippen LogP contribution >= 0.6 is 7.60 Å². The van der Waals surface area contributed by atoms with E-state index in [1.165, 1.54) is 0 Å². The number of halogens is 1. The van der Waals surface area contributed by atoms with Crippen LogP contribution in [0.1, 0.15) is 0 Å². The molecule has 0 aliphatic carbocycles. The van der Waals surface area contributed by atoms with Gasteiger partial charge in [0.15, 0.2) is 11.3 Å². The molecule has 0 aliphatic heterocycles. The minimum absolute atomic E-state index is 0.0247. The number of alkyl halides is 1. The second kappa shape index (κ2) is 5.85. The van der Waals surface area contributed by atoms with Gasteiger partial charge in [-0.05, 0) is 0 Å². The number of rotatable bonds is 6. The van der Waals surface area contributed by atoms with Crippen molar-refractivity contribution in [1.29, 1.82) is 0 Å². The minimum Gasteiger partial charge on any atom is -0.382 e. The standard InChI is InChI=1S/C8H13FN7O4P/c9-1-4(20-3-21(17,18)19)2-16-14-5-6(10)12-8(11)13-7(5)15-16/h4H,1-3H2,(H2,17,18,19)(H4,10,11,12,13,15)/t4-/m1/s1. The minimum atomic E-state index is -4.38. The summed E-state index contributed by atoms with van der Waals surface area (Å²) in [6, 6.07) is 0. The molecule has 2 heterocycles. The SMILES string of the molecule is Nc1nc(N)c2nn(C[C@@H](CF)OCP(=O)(O)O)nc2n1. The molecule has 0 unspecified atom stereocenters. The molecule has 0 aromatic carbocycles. The van der Waals surface area contributed by atoms with Gasteiger partial charge in [0.25, 0.3) is 0 Å². The predicted molar refractivity (Wildman–Crippen MR) is 69.7 cm³/mol. The number of nitrogens with zero attached hydrogens (tertiary/aromatic N) is 5. The van der Waals surface area contributed by atoms with Crippen LogP contribution in [0, 0.1) is 0 Å². The van der Waals surface area contributed by atoms with Crippen molar-refractivity contribution in [3.63, 3.8) is 0 Å². The van der Waals surface area contributed by atoms with Gasteiger partial charge in [0.05, 0.1) is 6.54 Å². The van der Waals surface area contributed by atoms with Crippen LogP contribution in [0.25, 0.3) is 11.2 Å². The third-order valence-electron chi connectivity index (χ3n) is 2.35. The molecule has 2 rings (SSSR count). The summed E-state index contributed by atoms with van der Waals surface area (Å²) in [6.07, 6.45) is -2.01. The van der Waals surface area contributed by atoms with E-state index in [0.29, 0.717) is 0 Å². The highest BCUT2D eigenvalue weighted by Gasteiger charge is 2.20. The normalized spacial score (nSPS) is 13.7. The van der Waals surface area contributed by atoms with Crippen molar-refractivity contribution in [1.82, 2.24) is 25.0 Å². The average Bonchev–Trinajstić information content (AvgIpc) is 2.76. The topological polar surface area (TPSA) is 175 Å². The molecule has 2 aromatic rings. The lowest BCUT2D eigenvalue weighted by Gasteiger charge is -2.14. The molecular formula is C8H13FN7O4P. The van der Waals surface area contributed by atoms with Crippen molar-refractivity contribution in [2.45, 2.75) is 12.6 Å². The summed E-state index contributed by atoms with van der Waals surface area (Å²) in [5, 5.41) is 7.87. The molecule has 0 saturated heterocycles. The van der Waals surface area contributed by atoms with E-state index in [1.54, 1.807) is 0 Å². The van der Waals surface area contributed by atoms with Crippen LogP contribution < -0.4 is 11.5 Å². The fourth-order valence-corrected chi connectivity index (χ4v) is 1.91. The molecule has 0 radical (unpaired) electrons. The van der Waals surface area contributed by atoms with Gasteiger partial charge in [0.1, 0.15) is 19.1 Å². The van der Waals surface area contributed by atoms with E-state index in [9.17, 15) is 8.96 Å². The van der Waals surface area contributed by atoms with Crippen molar-refractivity contribution in [3.05, 3.63) is 0 Å². The summed E-state index contributed by atoms with van der Waals surface area (Å²) >= 11 is 0. The second-order valence-electron chi connectivity index (χ2n) is 4.13. The fraction of sp³-hybridized carbons (Fsp3) is 0.500. The highest BCUT2D eigenvalue weighted by atomic mass is 31.2. The summed E-state index contributed by atoms with van der Waals surface area (Å²) in [5.41, 5.74) is 11.3. The molecule has 0 spiro atoms. The van der Waals surface area contributed by atoms with Gasteiger partial charge in [-0.1, -0.05) is 0 Å². The van der Waals surface area contributed by atoms with Crippen LogP contribution in [0.5, 0.6) is 0 Å². The predicted octanol–water partition coefficient (Wildman–Crippen LogP) is -1.12. The maximum Gasteiger partial charge on any atom is 0.350 e. The molecular weight excluding hydrogens is 308 g/mol. The molecule has 13 heteroatoms. The van der Waals surface area contributed by atoms with E-state index < -0.39 is 26.7 Å². The first-order valence-corrected chi connectivity index (χ1v) is 7.44. The van der Waals surface area contributed by atoms with Crippen LogP contribution in [-0.4, -0.2) is 53.9 Å². The monoisotopic (exact) mass is 321 g/mol. The highest BCUT2D eigenvalue weighted by molar-refractivity contribution is 7.51. The van der Waals surface area contributed by atoms with Crippen LogP contribution in [0.4, 0.5) is 16.2 Å². The van der Waals surface area contributed by atoms with E-state index in [0.717, 1.165) is 4.80 Å². The van der Waals surface area contributed by atoms with Gasteiger partial charge in [-0.25, -0.2) is 4.39 Å². The molecule has 0 fully saturated rings. The van der Waals surface area contributed by atoms with E-state index in [1.807, 2.05) is 0 Å². The van der Waals surface area contributed by atoms with Gasteiger partial charge in [0, 0.05) is 0 Å². The Kier molecular flexibility index (Phi) is 4.32. The average molecular weight is 321 g/mol. The smallest absolute Gasteiger partial charge is 0.350 e. The summed E-state index contributed by atoms with van der Waals surface area (Å²) in [6.45, 7) is -1.15. The molecule has 0 saturated carbocycles. The van der Waals surface area contributed by atoms with Gasteiger partial charge >= 0.3 is 7.60 Å². The molecule has 21 heavy (non-hydrogen) atoms. The number of anilines is 2. The molecule has 0 amide bonds. The van der Waals surface area contributed by atoms with Crippen LogP contribution in [0.2, 0.25) is 0 Å². The first kappa shape index (κ1) is 15.5. The zero-order chi connectivity index (χ0) is 15.6. The zero-order valence-corrected chi connectivity index (χ0v) is 11.5. The van der Waals surface area contributed by atoms with Crippen molar-refractivity contribution < 1.29 is 23.5 Å². The lowest BCUT2D eigenvalue weighted by molar-refractivity contribution is 0.0387. The molecule has 116 valence electrons. The van der Waals surface area contributed by atoms with Crippen molar-refractivity contribution in [2.24, 2.45) is 0 Å². The Morgan fingerprint density at radius 2 is 2.05 bits per heavy atom. The number of hydrogen-bond acceptors (Lipinski definition) is 8. The van der Waals surface area contributed by atoms with Crippen molar-refractivity contribution >= 4 is 30.5 Å². The lowest BCUT2D eigenvalue weighted by Crippen LogP contribution is -2.24. The Labute approximate surface area is 117 Å². The Morgan fingerprint density at radius 1 is 1.33 bits per heavy atom. The first-order valence-electron chi connectivity index (χ1n) is 5.64. The van der Waals surface area contributed by atoms with Crippen LogP contribution in [-0.2, 0) is 15.8 Å². The largest absolute Gasteiger partial charge is 0.382 e. The number of fused-ring (bicyclic) bond motifs is 1. The molecule has 2 aromatic heterocycles. The van der Waals surface area contributed by atoms with Crippen molar-refractivity contribution in [2.75, 3.05) is 24.5 Å². The van der Waals surface area contributed by atoms with Crippen LogP contribution in [0.15, 0.2) is 0 Å².